The molecule has 3 atom stereocenters. The van der Waals surface area contributed by atoms with Crippen LogP contribution in [0.2, 0.25) is 13.3 Å². The van der Waals surface area contributed by atoms with Crippen LogP contribution in [0.5, 0.6) is 0 Å². The number of carbonyl (C=O) groups excluding carboxylic acids is 2. The molecular formula is C29H45NO4Sn. The van der Waals surface area contributed by atoms with Crippen molar-refractivity contribution < 1.29 is 19.1 Å². The fourth-order valence-corrected chi connectivity index (χ4v) is 21.4. The summed E-state index contributed by atoms with van der Waals surface area (Å²) >= 11 is -2.59. The fraction of sp³-hybridized carbons (Fsp3) is 0.655. The van der Waals surface area contributed by atoms with Gasteiger partial charge in [0, 0.05) is 0 Å². The van der Waals surface area contributed by atoms with E-state index in [0.29, 0.717) is 19.6 Å². The van der Waals surface area contributed by atoms with Crippen LogP contribution in [0, 0.1) is 5.92 Å². The summed E-state index contributed by atoms with van der Waals surface area (Å²) in [5.74, 6) is -0.108. The maximum absolute atomic E-state index is 13.1. The van der Waals surface area contributed by atoms with Gasteiger partial charge in [0.2, 0.25) is 0 Å². The second-order valence-corrected chi connectivity index (χ2v) is 23.3. The van der Waals surface area contributed by atoms with E-state index in [1.807, 2.05) is 35.2 Å². The van der Waals surface area contributed by atoms with Gasteiger partial charge in [0.25, 0.3) is 0 Å². The van der Waals surface area contributed by atoms with Crippen molar-refractivity contribution in [2.24, 2.45) is 5.92 Å². The minimum atomic E-state index is -2.59. The molecule has 2 aliphatic heterocycles. The van der Waals surface area contributed by atoms with Gasteiger partial charge in [-0.15, -0.1) is 0 Å². The van der Waals surface area contributed by atoms with Gasteiger partial charge >= 0.3 is 217 Å². The Morgan fingerprint density at radius 3 is 2.17 bits per heavy atom. The molecule has 6 heteroatoms. The van der Waals surface area contributed by atoms with Crippen molar-refractivity contribution in [3.05, 3.63) is 45.6 Å². The van der Waals surface area contributed by atoms with E-state index in [1.54, 1.807) is 0 Å². The molecule has 1 aromatic rings. The summed E-state index contributed by atoms with van der Waals surface area (Å²) in [5.41, 5.74) is 2.39. The van der Waals surface area contributed by atoms with Gasteiger partial charge in [0.15, 0.2) is 0 Å². The second kappa shape index (κ2) is 13.8. The zero-order chi connectivity index (χ0) is 25.3. The summed E-state index contributed by atoms with van der Waals surface area (Å²) in [7, 11) is 1.46. The van der Waals surface area contributed by atoms with Crippen LogP contribution in [0.15, 0.2) is 40.0 Å². The Morgan fingerprint density at radius 1 is 1.03 bits per heavy atom. The Kier molecular flexibility index (Phi) is 11.2. The van der Waals surface area contributed by atoms with Crippen LogP contribution in [0.3, 0.4) is 0 Å². The first-order chi connectivity index (χ1) is 17.0. The van der Waals surface area contributed by atoms with E-state index in [2.05, 4.69) is 24.9 Å². The zero-order valence-corrected chi connectivity index (χ0v) is 25.1. The van der Waals surface area contributed by atoms with Crippen molar-refractivity contribution in [3.63, 3.8) is 0 Å². The molecule has 2 heterocycles. The molecule has 2 aliphatic rings. The summed E-state index contributed by atoms with van der Waals surface area (Å²) in [6, 6.07) is 9.94. The van der Waals surface area contributed by atoms with E-state index >= 15 is 0 Å². The molecule has 2 fully saturated rings. The van der Waals surface area contributed by atoms with Crippen molar-refractivity contribution in [2.75, 3.05) is 13.7 Å². The Morgan fingerprint density at radius 2 is 1.63 bits per heavy atom. The second-order valence-electron chi connectivity index (χ2n) is 10.5. The molecule has 0 spiro atoms. The third-order valence-electron chi connectivity index (χ3n) is 7.90. The fourth-order valence-electron chi connectivity index (χ4n) is 5.85. The molecule has 1 aromatic carbocycles. The SMILES string of the molecule is CCC[CH2][Sn](/[CH]=C1\CN2C(=O)[C@H](OCc3ccccc3)[C@@H]2[C@H]1CC(=O)OC)([CH2]CCC)[CH2]CCC. The average molecular weight is 590 g/mol. The van der Waals surface area contributed by atoms with Crippen molar-refractivity contribution in [1.82, 2.24) is 4.90 Å². The number of amides is 1. The standard InChI is InChI=1S/C17H18NO4.3C4H9.Sn/c1-11-9-18-15(13(11)8-14(19)21-2)16(17(18)20)22-10-12-6-4-3-5-7-12;3*1-3-4-2;/h1,3-7,13,15-16H,8-10H2,2H3;3*1,3-4H2,2H3;/t13-,15-,16+;;;;/m0..../s1. The first kappa shape index (κ1) is 28.2. The Labute approximate surface area is 216 Å². The monoisotopic (exact) mass is 591 g/mol. The summed E-state index contributed by atoms with van der Waals surface area (Å²) in [6.07, 6.45) is 7.44. The minimum absolute atomic E-state index is 0.0156. The number of rotatable bonds is 15. The van der Waals surface area contributed by atoms with Crippen LogP contribution in [-0.4, -0.2) is 61.0 Å². The first-order valence-corrected chi connectivity index (χ1v) is 21.4. The number of unbranched alkanes of at least 4 members (excludes halogenated alkanes) is 3. The third kappa shape index (κ3) is 7.12. The molecule has 2 saturated heterocycles. The van der Waals surface area contributed by atoms with E-state index in [0.717, 1.165) is 5.56 Å². The van der Waals surface area contributed by atoms with Crippen LogP contribution in [-0.2, 0) is 25.7 Å². The molecule has 0 radical (unpaired) electrons. The van der Waals surface area contributed by atoms with Crippen molar-refractivity contribution in [3.8, 4) is 0 Å². The number of nitrogens with zero attached hydrogens (tertiary/aromatic N) is 1. The topological polar surface area (TPSA) is 55.8 Å². The summed E-state index contributed by atoms with van der Waals surface area (Å²) < 4.78 is 18.1. The summed E-state index contributed by atoms with van der Waals surface area (Å²) in [5, 5.41) is 0. The van der Waals surface area contributed by atoms with Crippen molar-refractivity contribution >= 4 is 30.3 Å². The van der Waals surface area contributed by atoms with Crippen LogP contribution in [0.1, 0.15) is 71.3 Å². The Bertz CT molecular complexity index is 834. The van der Waals surface area contributed by atoms with E-state index in [-0.39, 0.29) is 23.8 Å². The summed E-state index contributed by atoms with van der Waals surface area (Å²) in [4.78, 5) is 27.5. The molecule has 5 nitrogen and oxygen atoms in total. The molecule has 0 bridgehead atoms. The van der Waals surface area contributed by atoms with Crippen LogP contribution in [0.4, 0.5) is 0 Å². The molecule has 0 saturated carbocycles. The number of ether oxygens (including phenoxy) is 2. The number of methoxy groups -OCH3 is 1. The van der Waals surface area contributed by atoms with E-state index in [4.69, 9.17) is 9.47 Å². The van der Waals surface area contributed by atoms with Gasteiger partial charge in [-0.2, -0.15) is 0 Å². The van der Waals surface area contributed by atoms with Gasteiger partial charge in [0.05, 0.1) is 0 Å². The predicted molar refractivity (Wildman–Crippen MR) is 144 cm³/mol. The third-order valence-corrected chi connectivity index (χ3v) is 22.3. The first-order valence-electron chi connectivity index (χ1n) is 13.7. The van der Waals surface area contributed by atoms with Crippen molar-refractivity contribution in [2.45, 2.75) is 97.8 Å². The van der Waals surface area contributed by atoms with Gasteiger partial charge in [-0.25, -0.2) is 0 Å². The number of β-lactam (4-membered cyclic amide) rings is 1. The van der Waals surface area contributed by atoms with Gasteiger partial charge in [-0.1, -0.05) is 0 Å². The quantitative estimate of drug-likeness (QED) is 0.137. The van der Waals surface area contributed by atoms with Gasteiger partial charge in [-0.05, 0) is 0 Å². The van der Waals surface area contributed by atoms with Crippen molar-refractivity contribution in [1.29, 1.82) is 0 Å². The maximum atomic E-state index is 13.1. The Hall–Kier alpha value is -1.34. The van der Waals surface area contributed by atoms with E-state index in [9.17, 15) is 9.59 Å². The molecule has 35 heavy (non-hydrogen) atoms. The van der Waals surface area contributed by atoms with E-state index < -0.39 is 24.5 Å². The summed E-state index contributed by atoms with van der Waals surface area (Å²) in [6.45, 7) is 7.95. The van der Waals surface area contributed by atoms with Crippen LogP contribution >= 0.6 is 0 Å². The average Bonchev–Trinajstić information content (AvgIpc) is 3.18. The molecule has 3 rings (SSSR count). The molecular weight excluding hydrogens is 545 g/mol. The zero-order valence-electron chi connectivity index (χ0n) is 22.3. The molecule has 0 aromatic heterocycles. The number of benzene rings is 1. The molecule has 0 unspecified atom stereocenters. The van der Waals surface area contributed by atoms with Crippen LogP contribution < -0.4 is 0 Å². The molecule has 194 valence electrons. The normalized spacial score (nSPS) is 22.9. The van der Waals surface area contributed by atoms with Gasteiger partial charge in [0.1, 0.15) is 0 Å². The van der Waals surface area contributed by atoms with Gasteiger partial charge in [-0.3, -0.25) is 0 Å². The molecule has 1 amide bonds. The Balaban J connectivity index is 1.88. The predicted octanol–water partition coefficient (Wildman–Crippen LogP) is 6.29. The number of esters is 1. The number of carbonyl (C=O) groups is 2. The molecule has 0 aliphatic carbocycles. The van der Waals surface area contributed by atoms with Crippen LogP contribution in [0.25, 0.3) is 0 Å². The molecule has 0 N–H and O–H groups in total. The number of hydrogen-bond acceptors (Lipinski definition) is 4. The van der Waals surface area contributed by atoms with E-state index in [1.165, 1.54) is 64.5 Å². The number of hydrogen-bond donors (Lipinski definition) is 0. The van der Waals surface area contributed by atoms with Gasteiger partial charge < -0.3 is 0 Å². The number of fused-ring (bicyclic) bond motifs is 1.